The topological polar surface area (TPSA) is 46.9 Å². The first-order valence-electron chi connectivity index (χ1n) is 7.54. The second-order valence-corrected chi connectivity index (χ2v) is 6.58. The Morgan fingerprint density at radius 3 is 2.78 bits per heavy atom. The zero-order chi connectivity index (χ0) is 16.2. The van der Waals surface area contributed by atoms with Crippen LogP contribution in [0.15, 0.2) is 54.4 Å². The van der Waals surface area contributed by atoms with Crippen LogP contribution in [0.25, 0.3) is 11.1 Å². The van der Waals surface area contributed by atoms with Gasteiger partial charge in [0, 0.05) is 30.5 Å². The van der Waals surface area contributed by atoms with Crippen molar-refractivity contribution in [2.24, 2.45) is 0 Å². The minimum Gasteiger partial charge on any atom is -0.347 e. The van der Waals surface area contributed by atoms with E-state index in [2.05, 4.69) is 41.5 Å². The predicted octanol–water partition coefficient (Wildman–Crippen LogP) is 3.74. The van der Waals surface area contributed by atoms with Crippen molar-refractivity contribution in [3.8, 4) is 11.1 Å². The molecule has 0 aliphatic carbocycles. The third-order valence-electron chi connectivity index (χ3n) is 3.66. The van der Waals surface area contributed by atoms with Gasteiger partial charge in [-0.25, -0.2) is 4.98 Å². The van der Waals surface area contributed by atoms with Crippen LogP contribution in [0.5, 0.6) is 0 Å². The molecule has 5 heteroatoms. The molecule has 3 rings (SSSR count). The highest BCUT2D eigenvalue weighted by atomic mass is 32.1. The van der Waals surface area contributed by atoms with Gasteiger partial charge in [-0.2, -0.15) is 0 Å². The summed E-state index contributed by atoms with van der Waals surface area (Å²) in [4.78, 5) is 17.4. The van der Waals surface area contributed by atoms with Gasteiger partial charge in [0.15, 0.2) is 0 Å². The molecule has 0 bridgehead atoms. The molecule has 1 N–H and O–H groups in total. The monoisotopic (exact) mass is 325 g/mol. The molecule has 0 spiro atoms. The smallest absolute Gasteiger partial charge is 0.262 e. The number of carbonyl (C=O) groups is 1. The van der Waals surface area contributed by atoms with E-state index in [1.165, 1.54) is 16.9 Å². The summed E-state index contributed by atoms with van der Waals surface area (Å²) in [6.45, 7) is 4.76. The molecule has 0 radical (unpaired) electrons. The number of amides is 1. The van der Waals surface area contributed by atoms with E-state index in [9.17, 15) is 4.79 Å². The van der Waals surface area contributed by atoms with Gasteiger partial charge in [0.25, 0.3) is 5.91 Å². The van der Waals surface area contributed by atoms with Gasteiger partial charge in [-0.15, -0.1) is 11.3 Å². The average Bonchev–Trinajstić information content (AvgIpc) is 3.19. The molecule has 0 fully saturated rings. The molecule has 4 nitrogen and oxygen atoms in total. The van der Waals surface area contributed by atoms with Crippen molar-refractivity contribution in [1.29, 1.82) is 0 Å². The lowest BCUT2D eigenvalue weighted by molar-refractivity contribution is 0.0941. The zero-order valence-electron chi connectivity index (χ0n) is 13.2. The van der Waals surface area contributed by atoms with Crippen molar-refractivity contribution in [3.63, 3.8) is 0 Å². The summed E-state index contributed by atoms with van der Waals surface area (Å²) in [5.74, 6) is -0.0248. The summed E-state index contributed by atoms with van der Waals surface area (Å²) in [5.41, 5.74) is 3.27. The molecule has 2 aromatic heterocycles. The van der Waals surface area contributed by atoms with Crippen molar-refractivity contribution < 1.29 is 4.79 Å². The number of aromatic nitrogens is 2. The van der Waals surface area contributed by atoms with Gasteiger partial charge in [0.05, 0.1) is 11.2 Å². The van der Waals surface area contributed by atoms with Gasteiger partial charge in [0.2, 0.25) is 0 Å². The van der Waals surface area contributed by atoms with Crippen LogP contribution in [0, 0.1) is 6.92 Å². The lowest BCUT2D eigenvalue weighted by atomic mass is 10.0. The molecule has 1 amide bonds. The number of nitrogens with one attached hydrogen (secondary N) is 1. The molecule has 23 heavy (non-hydrogen) atoms. The summed E-state index contributed by atoms with van der Waals surface area (Å²) in [5, 5.41) is 5.03. The third kappa shape index (κ3) is 3.68. The maximum atomic E-state index is 12.6. The molecule has 0 aliphatic rings. The number of thiophene rings is 1. The van der Waals surface area contributed by atoms with Gasteiger partial charge in [-0.05, 0) is 30.9 Å². The fraction of sp³-hybridized carbons (Fsp3) is 0.222. The van der Waals surface area contributed by atoms with E-state index in [0.717, 1.165) is 16.0 Å². The number of carbonyl (C=O) groups excluding carboxylic acids is 1. The van der Waals surface area contributed by atoms with Crippen molar-refractivity contribution in [2.45, 2.75) is 26.4 Å². The lowest BCUT2D eigenvalue weighted by Crippen LogP contribution is -2.35. The van der Waals surface area contributed by atoms with Gasteiger partial charge in [-0.1, -0.05) is 29.8 Å². The number of rotatable bonds is 5. The van der Waals surface area contributed by atoms with Gasteiger partial charge < -0.3 is 9.88 Å². The lowest BCUT2D eigenvalue weighted by Gasteiger charge is -2.14. The second-order valence-electron chi connectivity index (χ2n) is 5.66. The van der Waals surface area contributed by atoms with E-state index in [-0.39, 0.29) is 11.9 Å². The Bertz CT molecular complexity index is 775. The summed E-state index contributed by atoms with van der Waals surface area (Å²) in [7, 11) is 0. The van der Waals surface area contributed by atoms with Crippen molar-refractivity contribution in [3.05, 3.63) is 64.9 Å². The Morgan fingerprint density at radius 2 is 2.09 bits per heavy atom. The van der Waals surface area contributed by atoms with Crippen LogP contribution in [-0.2, 0) is 6.54 Å². The number of benzene rings is 1. The predicted molar refractivity (Wildman–Crippen MR) is 93.6 cm³/mol. The van der Waals surface area contributed by atoms with E-state index in [1.54, 1.807) is 12.5 Å². The normalized spacial score (nSPS) is 12.1. The number of imidazole rings is 1. The standard InChI is InChI=1S/C18H19N3OS/c1-13-3-5-15(6-4-13)16-7-10-23-17(16)18(22)20-14(2)11-21-9-8-19-12-21/h3-10,12,14H,11H2,1-2H3,(H,20,22). The van der Waals surface area contributed by atoms with Crippen LogP contribution in [-0.4, -0.2) is 21.5 Å². The van der Waals surface area contributed by atoms with Crippen LogP contribution in [0.2, 0.25) is 0 Å². The quantitative estimate of drug-likeness (QED) is 0.777. The summed E-state index contributed by atoms with van der Waals surface area (Å²) >= 11 is 1.48. The maximum Gasteiger partial charge on any atom is 0.262 e. The van der Waals surface area contributed by atoms with E-state index >= 15 is 0 Å². The third-order valence-corrected chi connectivity index (χ3v) is 4.57. The van der Waals surface area contributed by atoms with Crippen LogP contribution in [0.3, 0.4) is 0 Å². The summed E-state index contributed by atoms with van der Waals surface area (Å²) < 4.78 is 1.96. The number of aryl methyl sites for hydroxylation is 1. The van der Waals surface area contributed by atoms with Crippen LogP contribution < -0.4 is 5.32 Å². The minimum atomic E-state index is -0.0248. The molecule has 3 aromatic rings. The SMILES string of the molecule is Cc1ccc(-c2ccsc2C(=O)NC(C)Cn2ccnc2)cc1. The first-order valence-corrected chi connectivity index (χ1v) is 8.42. The highest BCUT2D eigenvalue weighted by Gasteiger charge is 2.16. The largest absolute Gasteiger partial charge is 0.347 e. The van der Waals surface area contributed by atoms with Crippen molar-refractivity contribution in [1.82, 2.24) is 14.9 Å². The molecular formula is C18H19N3OS. The Kier molecular flexibility index (Phi) is 4.57. The molecule has 2 heterocycles. The zero-order valence-corrected chi connectivity index (χ0v) is 14.0. The average molecular weight is 325 g/mol. The van der Waals surface area contributed by atoms with Gasteiger partial charge in [-0.3, -0.25) is 4.79 Å². The fourth-order valence-electron chi connectivity index (χ4n) is 2.49. The first-order chi connectivity index (χ1) is 11.1. The highest BCUT2D eigenvalue weighted by molar-refractivity contribution is 7.12. The van der Waals surface area contributed by atoms with Crippen molar-refractivity contribution in [2.75, 3.05) is 0 Å². The van der Waals surface area contributed by atoms with E-state index in [0.29, 0.717) is 6.54 Å². The number of hydrogen-bond donors (Lipinski definition) is 1. The van der Waals surface area contributed by atoms with Crippen molar-refractivity contribution >= 4 is 17.2 Å². The maximum absolute atomic E-state index is 12.6. The minimum absolute atomic E-state index is 0.0248. The summed E-state index contributed by atoms with van der Waals surface area (Å²) in [6, 6.07) is 10.3. The van der Waals surface area contributed by atoms with E-state index in [1.807, 2.05) is 29.1 Å². The molecule has 1 atom stereocenters. The Balaban J connectivity index is 1.73. The molecule has 0 saturated heterocycles. The van der Waals surface area contributed by atoms with Crippen LogP contribution in [0.1, 0.15) is 22.2 Å². The Morgan fingerprint density at radius 1 is 1.30 bits per heavy atom. The first kappa shape index (κ1) is 15.5. The van der Waals surface area contributed by atoms with E-state index in [4.69, 9.17) is 0 Å². The number of hydrogen-bond acceptors (Lipinski definition) is 3. The highest BCUT2D eigenvalue weighted by Crippen LogP contribution is 2.28. The molecule has 1 unspecified atom stereocenters. The van der Waals surface area contributed by atoms with Crippen LogP contribution >= 0.6 is 11.3 Å². The molecular weight excluding hydrogens is 306 g/mol. The molecule has 0 aliphatic heterocycles. The molecule has 1 aromatic carbocycles. The molecule has 118 valence electrons. The fourth-order valence-corrected chi connectivity index (χ4v) is 3.31. The Labute approximate surface area is 139 Å². The number of nitrogens with zero attached hydrogens (tertiary/aromatic N) is 2. The Hall–Kier alpha value is -2.40. The molecule has 0 saturated carbocycles. The second kappa shape index (κ2) is 6.79. The van der Waals surface area contributed by atoms with E-state index < -0.39 is 0 Å². The van der Waals surface area contributed by atoms with Gasteiger partial charge in [0.1, 0.15) is 0 Å². The van der Waals surface area contributed by atoms with Gasteiger partial charge >= 0.3 is 0 Å². The van der Waals surface area contributed by atoms with Crippen LogP contribution in [0.4, 0.5) is 0 Å². The summed E-state index contributed by atoms with van der Waals surface area (Å²) in [6.07, 6.45) is 5.39.